The van der Waals surface area contributed by atoms with Gasteiger partial charge in [-0.1, -0.05) is 18.2 Å². The largest absolute Gasteiger partial charge is 0.467 e. The van der Waals surface area contributed by atoms with E-state index in [4.69, 9.17) is 0 Å². The Bertz CT molecular complexity index is 349. The Morgan fingerprint density at radius 1 is 1.40 bits per heavy atom. The molecule has 1 rings (SSSR count). The molecule has 0 aromatic heterocycles. The second kappa shape index (κ2) is 4.79. The number of carbonyl (C=O) groups is 1. The summed E-state index contributed by atoms with van der Waals surface area (Å²) in [5, 5.41) is 9.72. The molecule has 1 aromatic rings. The number of carbonyl (C=O) groups excluding carboxylic acids is 1. The molecule has 0 aliphatic carbocycles. The number of hydrogen-bond donors (Lipinski definition) is 1. The second-order valence-corrected chi connectivity index (χ2v) is 3.38. The molecule has 1 N–H and O–H groups in total. The highest BCUT2D eigenvalue weighted by molar-refractivity contribution is 5.78. The monoisotopic (exact) mass is 209 g/mol. The van der Waals surface area contributed by atoms with Gasteiger partial charge >= 0.3 is 5.97 Å². The molecule has 0 fully saturated rings. The van der Waals surface area contributed by atoms with Crippen molar-refractivity contribution in [3.63, 3.8) is 0 Å². The number of nitrogens with zero attached hydrogens (tertiary/aromatic N) is 1. The summed E-state index contributed by atoms with van der Waals surface area (Å²) in [5.74, 6) is -0.649. The highest BCUT2D eigenvalue weighted by atomic mass is 16.5. The molecule has 1 unspecified atom stereocenters. The maximum Gasteiger partial charge on any atom is 0.339 e. The lowest BCUT2D eigenvalue weighted by atomic mass is 10.1. The summed E-state index contributed by atoms with van der Waals surface area (Å²) < 4.78 is 4.49. The van der Waals surface area contributed by atoms with Crippen LogP contribution in [0.3, 0.4) is 0 Å². The number of para-hydroxylation sites is 1. The molecule has 4 nitrogen and oxygen atoms in total. The SMILES string of the molecule is COC(=O)C(O)c1ccccc1N(C)C. The summed E-state index contributed by atoms with van der Waals surface area (Å²) in [7, 11) is 4.95. The minimum absolute atomic E-state index is 0.550. The van der Waals surface area contributed by atoms with Crippen LogP contribution in [0.4, 0.5) is 5.69 Å². The summed E-state index contributed by atoms with van der Waals surface area (Å²) in [6, 6.07) is 7.16. The molecular weight excluding hydrogens is 194 g/mol. The van der Waals surface area contributed by atoms with E-state index in [0.717, 1.165) is 5.69 Å². The van der Waals surface area contributed by atoms with Crippen molar-refractivity contribution in [3.8, 4) is 0 Å². The van der Waals surface area contributed by atoms with Crippen molar-refractivity contribution in [2.75, 3.05) is 26.1 Å². The van der Waals surface area contributed by atoms with Crippen LogP contribution in [0, 0.1) is 0 Å². The fourth-order valence-electron chi connectivity index (χ4n) is 1.36. The lowest BCUT2D eigenvalue weighted by Gasteiger charge is -2.19. The summed E-state index contributed by atoms with van der Waals surface area (Å²) in [4.78, 5) is 13.0. The van der Waals surface area contributed by atoms with Crippen LogP contribution in [0.5, 0.6) is 0 Å². The normalized spacial score (nSPS) is 12.0. The highest BCUT2D eigenvalue weighted by Crippen LogP contribution is 2.25. The lowest BCUT2D eigenvalue weighted by Crippen LogP contribution is -2.18. The molecular formula is C11H15NO3. The maximum absolute atomic E-state index is 11.2. The Morgan fingerprint density at radius 2 is 2.00 bits per heavy atom. The van der Waals surface area contributed by atoms with Crippen LogP contribution in [0.1, 0.15) is 11.7 Å². The number of anilines is 1. The van der Waals surface area contributed by atoms with Gasteiger partial charge in [-0.3, -0.25) is 0 Å². The minimum Gasteiger partial charge on any atom is -0.467 e. The fraction of sp³-hybridized carbons (Fsp3) is 0.364. The minimum atomic E-state index is -1.23. The zero-order chi connectivity index (χ0) is 11.4. The molecule has 1 atom stereocenters. The van der Waals surface area contributed by atoms with E-state index in [2.05, 4.69) is 4.74 Å². The molecule has 82 valence electrons. The Kier molecular flexibility index (Phi) is 3.68. The molecule has 0 saturated heterocycles. The number of aliphatic hydroxyl groups excluding tert-OH is 1. The van der Waals surface area contributed by atoms with Gasteiger partial charge in [-0.05, 0) is 6.07 Å². The van der Waals surface area contributed by atoms with Crippen molar-refractivity contribution in [2.45, 2.75) is 6.10 Å². The van der Waals surface area contributed by atoms with Crippen LogP contribution < -0.4 is 4.90 Å². The van der Waals surface area contributed by atoms with E-state index in [1.807, 2.05) is 31.1 Å². The third-order valence-electron chi connectivity index (χ3n) is 2.14. The van der Waals surface area contributed by atoms with E-state index in [-0.39, 0.29) is 0 Å². The van der Waals surface area contributed by atoms with Crippen molar-refractivity contribution >= 4 is 11.7 Å². The van der Waals surface area contributed by atoms with Crippen LogP contribution >= 0.6 is 0 Å². The molecule has 1 aromatic carbocycles. The molecule has 0 spiro atoms. The smallest absolute Gasteiger partial charge is 0.339 e. The number of ether oxygens (including phenoxy) is 1. The van der Waals surface area contributed by atoms with E-state index in [1.165, 1.54) is 7.11 Å². The molecule has 0 aliphatic rings. The fourth-order valence-corrected chi connectivity index (χ4v) is 1.36. The first-order chi connectivity index (χ1) is 7.07. The van der Waals surface area contributed by atoms with Gasteiger partial charge in [0.15, 0.2) is 6.10 Å². The number of hydrogen-bond acceptors (Lipinski definition) is 4. The van der Waals surface area contributed by atoms with Crippen molar-refractivity contribution in [1.29, 1.82) is 0 Å². The Labute approximate surface area is 89.1 Å². The predicted molar refractivity (Wildman–Crippen MR) is 57.7 cm³/mol. The van der Waals surface area contributed by atoms with E-state index in [0.29, 0.717) is 5.56 Å². The van der Waals surface area contributed by atoms with Gasteiger partial charge in [0.2, 0.25) is 0 Å². The molecule has 4 heteroatoms. The first-order valence-corrected chi connectivity index (χ1v) is 4.60. The van der Waals surface area contributed by atoms with Gasteiger partial charge in [0.25, 0.3) is 0 Å². The third-order valence-corrected chi connectivity index (χ3v) is 2.14. The number of methoxy groups -OCH3 is 1. The molecule has 15 heavy (non-hydrogen) atoms. The molecule has 0 heterocycles. The summed E-state index contributed by atoms with van der Waals surface area (Å²) in [6.07, 6.45) is -1.23. The van der Waals surface area contributed by atoms with Gasteiger partial charge in [-0.25, -0.2) is 4.79 Å². The maximum atomic E-state index is 11.2. The summed E-state index contributed by atoms with van der Waals surface area (Å²) >= 11 is 0. The van der Waals surface area contributed by atoms with Gasteiger partial charge in [0, 0.05) is 25.3 Å². The Balaban J connectivity index is 3.07. The average molecular weight is 209 g/mol. The van der Waals surface area contributed by atoms with Crippen LogP contribution in [0.25, 0.3) is 0 Å². The number of esters is 1. The predicted octanol–water partition coefficient (Wildman–Crippen LogP) is 0.959. The third kappa shape index (κ3) is 2.47. The molecule has 0 saturated carbocycles. The first-order valence-electron chi connectivity index (χ1n) is 4.60. The van der Waals surface area contributed by atoms with E-state index >= 15 is 0 Å². The average Bonchev–Trinajstić information content (AvgIpc) is 2.27. The van der Waals surface area contributed by atoms with E-state index in [9.17, 15) is 9.90 Å². The number of benzene rings is 1. The van der Waals surface area contributed by atoms with Crippen molar-refractivity contribution in [1.82, 2.24) is 0 Å². The van der Waals surface area contributed by atoms with Gasteiger partial charge in [0.05, 0.1) is 7.11 Å². The summed E-state index contributed by atoms with van der Waals surface area (Å²) in [5.41, 5.74) is 1.35. The highest BCUT2D eigenvalue weighted by Gasteiger charge is 2.21. The number of rotatable bonds is 3. The van der Waals surface area contributed by atoms with E-state index < -0.39 is 12.1 Å². The van der Waals surface area contributed by atoms with E-state index in [1.54, 1.807) is 12.1 Å². The zero-order valence-corrected chi connectivity index (χ0v) is 9.10. The quantitative estimate of drug-likeness (QED) is 0.753. The summed E-state index contributed by atoms with van der Waals surface area (Å²) in [6.45, 7) is 0. The van der Waals surface area contributed by atoms with Crippen LogP contribution in [-0.4, -0.2) is 32.3 Å². The van der Waals surface area contributed by atoms with Crippen molar-refractivity contribution < 1.29 is 14.6 Å². The Morgan fingerprint density at radius 3 is 2.53 bits per heavy atom. The van der Waals surface area contributed by atoms with Gasteiger partial charge in [-0.15, -0.1) is 0 Å². The van der Waals surface area contributed by atoms with Crippen LogP contribution in [0.15, 0.2) is 24.3 Å². The first kappa shape index (κ1) is 11.5. The topological polar surface area (TPSA) is 49.8 Å². The molecule has 0 amide bonds. The molecule has 0 bridgehead atoms. The standard InChI is InChI=1S/C11H15NO3/c1-12(2)9-7-5-4-6-8(9)10(13)11(14)15-3/h4-7,10,13H,1-3H3. The number of aliphatic hydroxyl groups is 1. The van der Waals surface area contributed by atoms with Gasteiger partial charge in [0.1, 0.15) is 0 Å². The van der Waals surface area contributed by atoms with Crippen LogP contribution in [-0.2, 0) is 9.53 Å². The molecule has 0 radical (unpaired) electrons. The Hall–Kier alpha value is -1.55. The van der Waals surface area contributed by atoms with Crippen LogP contribution in [0.2, 0.25) is 0 Å². The van der Waals surface area contributed by atoms with Crippen molar-refractivity contribution in [2.24, 2.45) is 0 Å². The van der Waals surface area contributed by atoms with Gasteiger partial charge in [-0.2, -0.15) is 0 Å². The second-order valence-electron chi connectivity index (χ2n) is 3.38. The lowest BCUT2D eigenvalue weighted by molar-refractivity contribution is -0.150. The van der Waals surface area contributed by atoms with Crippen molar-refractivity contribution in [3.05, 3.63) is 29.8 Å². The zero-order valence-electron chi connectivity index (χ0n) is 9.10. The van der Waals surface area contributed by atoms with Gasteiger partial charge < -0.3 is 14.7 Å². The molecule has 0 aliphatic heterocycles.